The number of benzene rings is 4. The molecule has 1 aliphatic rings. The number of fused-ring (bicyclic) bond motifs is 2. The molecule has 0 bridgehead atoms. The standard InChI is InChI=1S/C26H14Cl4N2O2/c27-13-7-9-17(29)21(11-13)31-19-5-1-3-15-23(19)26(34)16-4-2-6-20(24(16)25(15)33)32-22-12-14(28)8-10-18(22)30/h1-12,31-32H. The number of halogens is 4. The summed E-state index contributed by atoms with van der Waals surface area (Å²) in [6.07, 6.45) is 0. The zero-order chi connectivity index (χ0) is 24.0. The number of carbonyl (C=O) groups excluding carboxylic acids is 2. The van der Waals surface area contributed by atoms with E-state index in [0.717, 1.165) is 0 Å². The van der Waals surface area contributed by atoms with Crippen LogP contribution in [-0.2, 0) is 0 Å². The van der Waals surface area contributed by atoms with Crippen LogP contribution in [0.4, 0.5) is 22.7 Å². The fraction of sp³-hybridized carbons (Fsp3) is 0. The molecular formula is C26H14Cl4N2O2. The highest BCUT2D eigenvalue weighted by Crippen LogP contribution is 2.39. The van der Waals surface area contributed by atoms with Crippen molar-refractivity contribution in [3.63, 3.8) is 0 Å². The van der Waals surface area contributed by atoms with Crippen molar-refractivity contribution in [2.45, 2.75) is 0 Å². The predicted octanol–water partition coefficient (Wildman–Crippen LogP) is 8.56. The van der Waals surface area contributed by atoms with Crippen LogP contribution in [0.15, 0.2) is 72.8 Å². The Morgan fingerprint density at radius 2 is 0.912 bits per heavy atom. The third-order valence-electron chi connectivity index (χ3n) is 5.47. The molecule has 8 heteroatoms. The minimum absolute atomic E-state index is 0.272. The summed E-state index contributed by atoms with van der Waals surface area (Å²) in [6, 6.07) is 20.1. The highest BCUT2D eigenvalue weighted by molar-refractivity contribution is 6.37. The molecule has 4 aromatic rings. The Bertz CT molecular complexity index is 1390. The van der Waals surface area contributed by atoms with Crippen LogP contribution in [0, 0.1) is 0 Å². The van der Waals surface area contributed by atoms with Gasteiger partial charge in [-0.05, 0) is 48.5 Å². The summed E-state index contributed by atoms with van der Waals surface area (Å²) in [4.78, 5) is 27.2. The van der Waals surface area contributed by atoms with Gasteiger partial charge in [0.2, 0.25) is 0 Å². The molecule has 0 heterocycles. The van der Waals surface area contributed by atoms with E-state index in [1.807, 2.05) is 0 Å². The van der Waals surface area contributed by atoms with Gasteiger partial charge >= 0.3 is 0 Å². The van der Waals surface area contributed by atoms with E-state index in [0.29, 0.717) is 42.8 Å². The fourth-order valence-corrected chi connectivity index (χ4v) is 4.60. The quantitative estimate of drug-likeness (QED) is 0.246. The van der Waals surface area contributed by atoms with E-state index >= 15 is 0 Å². The molecule has 168 valence electrons. The molecular weight excluding hydrogens is 514 g/mol. The van der Waals surface area contributed by atoms with Gasteiger partial charge in [0, 0.05) is 21.2 Å². The second kappa shape index (κ2) is 8.97. The molecule has 0 amide bonds. The molecule has 0 aromatic heterocycles. The second-order valence-corrected chi connectivity index (χ2v) is 9.30. The molecule has 4 nitrogen and oxygen atoms in total. The van der Waals surface area contributed by atoms with Gasteiger partial charge in [-0.3, -0.25) is 9.59 Å². The SMILES string of the molecule is O=C1c2cccc(Nc3cc(Cl)ccc3Cl)c2C(=O)c2cccc(Nc3cc(Cl)ccc3Cl)c21. The van der Waals surface area contributed by atoms with Crippen molar-refractivity contribution in [1.29, 1.82) is 0 Å². The zero-order valence-electron chi connectivity index (χ0n) is 17.3. The van der Waals surface area contributed by atoms with E-state index in [9.17, 15) is 9.59 Å². The molecule has 2 N–H and O–H groups in total. The first kappa shape index (κ1) is 22.8. The molecule has 0 spiro atoms. The van der Waals surface area contributed by atoms with Gasteiger partial charge in [-0.15, -0.1) is 0 Å². The average molecular weight is 528 g/mol. The van der Waals surface area contributed by atoms with Crippen molar-refractivity contribution in [3.8, 4) is 0 Å². The lowest BCUT2D eigenvalue weighted by atomic mass is 9.82. The Balaban J connectivity index is 1.60. The average Bonchev–Trinajstić information content (AvgIpc) is 2.82. The minimum Gasteiger partial charge on any atom is -0.354 e. The Kier molecular flexibility index (Phi) is 6.00. The molecule has 0 saturated heterocycles. The molecule has 5 rings (SSSR count). The van der Waals surface area contributed by atoms with Crippen molar-refractivity contribution < 1.29 is 9.59 Å². The maximum absolute atomic E-state index is 13.6. The molecule has 0 radical (unpaired) electrons. The van der Waals surface area contributed by atoms with Crippen molar-refractivity contribution in [3.05, 3.63) is 115 Å². The Morgan fingerprint density at radius 1 is 0.500 bits per heavy atom. The number of ketones is 2. The maximum Gasteiger partial charge on any atom is 0.196 e. The summed E-state index contributed by atoms with van der Waals surface area (Å²) in [7, 11) is 0. The molecule has 0 atom stereocenters. The smallest absolute Gasteiger partial charge is 0.196 e. The molecule has 0 unspecified atom stereocenters. The summed E-state index contributed by atoms with van der Waals surface area (Å²) >= 11 is 24.8. The Morgan fingerprint density at radius 3 is 1.32 bits per heavy atom. The molecule has 0 fully saturated rings. The van der Waals surface area contributed by atoms with Gasteiger partial charge in [-0.25, -0.2) is 0 Å². The van der Waals surface area contributed by atoms with Gasteiger partial charge in [0.1, 0.15) is 0 Å². The normalized spacial score (nSPS) is 12.2. The van der Waals surface area contributed by atoms with Gasteiger partial charge in [0.25, 0.3) is 0 Å². The van der Waals surface area contributed by atoms with Crippen molar-refractivity contribution >= 4 is 80.7 Å². The van der Waals surface area contributed by atoms with Gasteiger partial charge in [0.05, 0.1) is 43.9 Å². The maximum atomic E-state index is 13.6. The first-order valence-corrected chi connectivity index (χ1v) is 11.6. The van der Waals surface area contributed by atoms with Crippen LogP contribution in [0.25, 0.3) is 0 Å². The van der Waals surface area contributed by atoms with E-state index in [1.165, 1.54) is 0 Å². The number of hydrogen-bond acceptors (Lipinski definition) is 4. The number of rotatable bonds is 4. The summed E-state index contributed by atoms with van der Waals surface area (Å²) in [5, 5.41) is 8.14. The molecule has 0 aliphatic heterocycles. The lowest BCUT2D eigenvalue weighted by molar-refractivity contribution is 0.0980. The zero-order valence-corrected chi connectivity index (χ0v) is 20.3. The number of hydrogen-bond donors (Lipinski definition) is 2. The third kappa shape index (κ3) is 4.04. The van der Waals surface area contributed by atoms with Crippen molar-refractivity contribution in [2.75, 3.05) is 10.6 Å². The summed E-state index contributed by atoms with van der Waals surface area (Å²) in [6.45, 7) is 0. The summed E-state index contributed by atoms with van der Waals surface area (Å²) < 4.78 is 0. The van der Waals surface area contributed by atoms with Gasteiger partial charge in [-0.1, -0.05) is 70.7 Å². The van der Waals surface area contributed by atoms with Crippen LogP contribution in [0.5, 0.6) is 0 Å². The van der Waals surface area contributed by atoms with E-state index in [-0.39, 0.29) is 33.8 Å². The largest absolute Gasteiger partial charge is 0.354 e. The highest BCUT2D eigenvalue weighted by atomic mass is 35.5. The molecule has 1 aliphatic carbocycles. The third-order valence-corrected chi connectivity index (χ3v) is 6.60. The van der Waals surface area contributed by atoms with E-state index in [2.05, 4.69) is 10.6 Å². The minimum atomic E-state index is -0.285. The van der Waals surface area contributed by atoms with Gasteiger partial charge in [0.15, 0.2) is 11.6 Å². The van der Waals surface area contributed by atoms with Crippen LogP contribution in [0.2, 0.25) is 20.1 Å². The first-order chi connectivity index (χ1) is 16.3. The van der Waals surface area contributed by atoms with Crippen LogP contribution < -0.4 is 10.6 Å². The predicted molar refractivity (Wildman–Crippen MR) is 139 cm³/mol. The Labute approximate surface area is 215 Å². The van der Waals surface area contributed by atoms with E-state index in [4.69, 9.17) is 46.4 Å². The number of carbonyl (C=O) groups is 2. The highest BCUT2D eigenvalue weighted by Gasteiger charge is 2.33. The molecule has 4 aromatic carbocycles. The lowest BCUT2D eigenvalue weighted by Gasteiger charge is -2.23. The van der Waals surface area contributed by atoms with Crippen LogP contribution in [0.3, 0.4) is 0 Å². The van der Waals surface area contributed by atoms with Crippen LogP contribution in [-0.4, -0.2) is 11.6 Å². The van der Waals surface area contributed by atoms with Crippen LogP contribution >= 0.6 is 46.4 Å². The van der Waals surface area contributed by atoms with E-state index in [1.54, 1.807) is 72.8 Å². The van der Waals surface area contributed by atoms with E-state index < -0.39 is 0 Å². The van der Waals surface area contributed by atoms with Gasteiger partial charge < -0.3 is 10.6 Å². The fourth-order valence-electron chi connectivity index (χ4n) is 3.93. The second-order valence-electron chi connectivity index (χ2n) is 7.61. The van der Waals surface area contributed by atoms with Gasteiger partial charge in [-0.2, -0.15) is 0 Å². The lowest BCUT2D eigenvalue weighted by Crippen LogP contribution is -2.23. The van der Waals surface area contributed by atoms with Crippen molar-refractivity contribution in [1.82, 2.24) is 0 Å². The van der Waals surface area contributed by atoms with Crippen molar-refractivity contribution in [2.24, 2.45) is 0 Å². The first-order valence-electron chi connectivity index (χ1n) is 10.1. The van der Waals surface area contributed by atoms with Crippen LogP contribution in [0.1, 0.15) is 31.8 Å². The number of anilines is 4. The Hall–Kier alpha value is -3.02. The topological polar surface area (TPSA) is 58.2 Å². The monoisotopic (exact) mass is 526 g/mol. The molecule has 0 saturated carbocycles. The summed E-state index contributed by atoms with van der Waals surface area (Å²) in [5.74, 6) is -0.571. The molecule has 34 heavy (non-hydrogen) atoms. The summed E-state index contributed by atoms with van der Waals surface area (Å²) in [5.41, 5.74) is 3.09. The number of nitrogens with one attached hydrogen (secondary N) is 2.